The molecule has 0 spiro atoms. The Kier molecular flexibility index (Phi) is 10.0. The first-order chi connectivity index (χ1) is 21.3. The summed E-state index contributed by atoms with van der Waals surface area (Å²) in [5.74, 6) is -7.31. The van der Waals surface area contributed by atoms with E-state index in [1.54, 1.807) is 6.19 Å². The van der Waals surface area contributed by atoms with Gasteiger partial charge in [0.25, 0.3) is 18.0 Å². The van der Waals surface area contributed by atoms with Crippen molar-refractivity contribution < 1.29 is 40.7 Å². The van der Waals surface area contributed by atoms with Crippen molar-refractivity contribution in [2.24, 2.45) is 0 Å². The molecule has 2 saturated carbocycles. The molecule has 3 atom stereocenters. The SMILES string of the molecule is CC.COC1CC(C(=O)N(c2ccc(C3CC3)cc2F)C(C(=O)NC2CCC(F)(F)CC2)(C2=[N+]=CC=C2)C(F)(F)F)N(C#N)C1. The van der Waals surface area contributed by atoms with Gasteiger partial charge >= 0.3 is 17.4 Å². The largest absolute Gasteiger partial charge is 0.433 e. The Morgan fingerprint density at radius 1 is 1.16 bits per heavy atom. The van der Waals surface area contributed by atoms with E-state index in [9.17, 15) is 23.6 Å². The molecule has 1 aromatic carbocycles. The lowest BCUT2D eigenvalue weighted by Gasteiger charge is -2.42. The molecule has 244 valence electrons. The van der Waals surface area contributed by atoms with E-state index in [0.29, 0.717) is 5.56 Å². The zero-order chi connectivity index (χ0) is 33.2. The quantitative estimate of drug-likeness (QED) is 0.251. The number of benzene rings is 1. The van der Waals surface area contributed by atoms with Crippen molar-refractivity contribution in [1.82, 2.24) is 14.9 Å². The van der Waals surface area contributed by atoms with Crippen molar-refractivity contribution in [3.63, 3.8) is 0 Å². The van der Waals surface area contributed by atoms with E-state index >= 15 is 17.6 Å². The van der Waals surface area contributed by atoms with Crippen LogP contribution in [0.25, 0.3) is 0 Å². The first-order valence-electron chi connectivity index (χ1n) is 15.0. The van der Waals surface area contributed by atoms with E-state index in [-0.39, 0.29) is 36.6 Å². The summed E-state index contributed by atoms with van der Waals surface area (Å²) >= 11 is 0. The molecule has 0 radical (unpaired) electrons. The lowest BCUT2D eigenvalue weighted by atomic mass is 9.85. The number of ether oxygens (including phenoxy) is 1. The number of hydrogen-bond donors (Lipinski definition) is 1. The van der Waals surface area contributed by atoms with Gasteiger partial charge in [-0.2, -0.15) is 18.4 Å². The Labute approximate surface area is 257 Å². The van der Waals surface area contributed by atoms with Crippen LogP contribution in [-0.4, -0.2) is 78.1 Å². The Bertz CT molecular complexity index is 1420. The first kappa shape index (κ1) is 34.1. The minimum atomic E-state index is -5.59. The van der Waals surface area contributed by atoms with E-state index in [4.69, 9.17) is 4.74 Å². The molecule has 8 nitrogen and oxygen atoms in total. The molecule has 2 heterocycles. The van der Waals surface area contributed by atoms with Crippen LogP contribution in [-0.2, 0) is 14.3 Å². The smallest absolute Gasteiger partial charge is 0.379 e. The predicted octanol–water partition coefficient (Wildman–Crippen LogP) is 4.78. The lowest BCUT2D eigenvalue weighted by molar-refractivity contribution is -0.180. The first-order valence-corrected chi connectivity index (χ1v) is 15.0. The van der Waals surface area contributed by atoms with Gasteiger partial charge in [-0.25, -0.2) is 13.2 Å². The summed E-state index contributed by atoms with van der Waals surface area (Å²) < 4.78 is 99.6. The van der Waals surface area contributed by atoms with Crippen LogP contribution in [0, 0.1) is 17.3 Å². The molecule has 1 saturated heterocycles. The second-order valence-corrected chi connectivity index (χ2v) is 11.4. The van der Waals surface area contributed by atoms with E-state index in [0.717, 1.165) is 48.2 Å². The normalized spacial score (nSPS) is 23.8. The second-order valence-electron chi connectivity index (χ2n) is 11.4. The van der Waals surface area contributed by atoms with Gasteiger partial charge in [0, 0.05) is 44.6 Å². The van der Waals surface area contributed by atoms with Crippen LogP contribution in [0.2, 0.25) is 0 Å². The Morgan fingerprint density at radius 3 is 2.33 bits per heavy atom. The van der Waals surface area contributed by atoms with Gasteiger partial charge in [-0.3, -0.25) is 19.4 Å². The number of nitriles is 1. The number of amides is 2. The van der Waals surface area contributed by atoms with Gasteiger partial charge < -0.3 is 10.1 Å². The molecule has 3 fully saturated rings. The molecule has 0 aromatic heterocycles. The van der Waals surface area contributed by atoms with Gasteiger partial charge in [0.15, 0.2) is 6.19 Å². The highest BCUT2D eigenvalue weighted by Gasteiger charge is 2.74. The number of carbonyl (C=O) groups excluding carboxylic acids is 2. The third-order valence-corrected chi connectivity index (χ3v) is 8.54. The number of carbonyl (C=O) groups is 2. The molecule has 0 bridgehead atoms. The summed E-state index contributed by atoms with van der Waals surface area (Å²) in [6, 6.07) is 0.880. The Balaban J connectivity index is 0.00000226. The maximum atomic E-state index is 15.9. The molecule has 5 rings (SSSR count). The minimum absolute atomic E-state index is 0.0240. The number of likely N-dealkylation sites (tertiary alicyclic amines) is 1. The standard InChI is InChI=1S/C29H29F6N5O3.C2H6/c1-43-20-14-23(39(15-20)16-36)25(41)40(22-7-6-18(13-21(22)30)17-4-5-17)28(29(33,34)35,24-3-2-12-37-24)26(42)38-19-8-10-27(31,32)11-9-19;1-2/h2-3,6-7,12-13,17,19-20,23H,4-5,8-11,14-15H2,1H3;1-2H3/p+1. The van der Waals surface area contributed by atoms with Gasteiger partial charge in [0.05, 0.1) is 18.3 Å². The van der Waals surface area contributed by atoms with Crippen molar-refractivity contribution in [3.05, 3.63) is 41.7 Å². The topological polar surface area (TPSA) is 99.8 Å². The minimum Gasteiger partial charge on any atom is -0.379 e. The third kappa shape index (κ3) is 6.60. The highest BCUT2D eigenvalue weighted by atomic mass is 19.4. The summed E-state index contributed by atoms with van der Waals surface area (Å²) in [6.45, 7) is 3.89. The van der Waals surface area contributed by atoms with Crippen molar-refractivity contribution in [2.75, 3.05) is 18.6 Å². The molecular formula is C31H36F6N5O3+. The van der Waals surface area contributed by atoms with Crippen molar-refractivity contribution in [3.8, 4) is 6.19 Å². The number of anilines is 1. The van der Waals surface area contributed by atoms with Gasteiger partial charge in [-0.05, 0) is 49.3 Å². The van der Waals surface area contributed by atoms with E-state index in [1.807, 2.05) is 13.8 Å². The summed E-state index contributed by atoms with van der Waals surface area (Å²) in [5, 5.41) is 12.0. The molecular weight excluding hydrogens is 604 g/mol. The maximum absolute atomic E-state index is 15.9. The van der Waals surface area contributed by atoms with Crippen LogP contribution < -0.4 is 14.9 Å². The van der Waals surface area contributed by atoms with Crippen LogP contribution in [0.3, 0.4) is 0 Å². The molecule has 2 amide bonds. The molecule has 2 aliphatic heterocycles. The summed E-state index contributed by atoms with van der Waals surface area (Å²) in [4.78, 5) is 29.4. The van der Waals surface area contributed by atoms with Crippen molar-refractivity contribution >= 4 is 29.4 Å². The number of allylic oxidation sites excluding steroid dienone is 1. The van der Waals surface area contributed by atoms with E-state index < -0.39 is 77.7 Å². The number of nitrogens with zero attached hydrogens (tertiary/aromatic N) is 4. The maximum Gasteiger partial charge on any atom is 0.433 e. The fraction of sp³-hybridized carbons (Fsp3) is 0.581. The lowest BCUT2D eigenvalue weighted by Crippen LogP contribution is -2.75. The van der Waals surface area contributed by atoms with Crippen LogP contribution >= 0.6 is 0 Å². The average molecular weight is 641 g/mol. The van der Waals surface area contributed by atoms with Crippen LogP contribution in [0.1, 0.15) is 70.3 Å². The van der Waals surface area contributed by atoms with Crippen LogP contribution in [0.15, 0.2) is 30.4 Å². The fourth-order valence-electron chi connectivity index (χ4n) is 6.02. The zero-order valence-corrected chi connectivity index (χ0v) is 25.2. The number of rotatable bonds is 8. The average Bonchev–Trinajstić information content (AvgIpc) is 3.53. The fourth-order valence-corrected chi connectivity index (χ4v) is 6.02. The molecule has 14 heteroatoms. The summed E-state index contributed by atoms with van der Waals surface area (Å²) in [5.41, 5.74) is -5.13. The molecule has 1 aromatic rings. The zero-order valence-electron chi connectivity index (χ0n) is 25.2. The number of hydrogen-bond acceptors (Lipinski definition) is 5. The van der Waals surface area contributed by atoms with Gasteiger partial charge in [-0.15, -0.1) is 0 Å². The number of nitrogens with one attached hydrogen (secondary N) is 1. The summed E-state index contributed by atoms with van der Waals surface area (Å²) in [6.07, 6.45) is -2.06. The second kappa shape index (κ2) is 13.3. The van der Waals surface area contributed by atoms with Crippen molar-refractivity contribution in [2.45, 2.75) is 101 Å². The molecule has 3 unspecified atom stereocenters. The van der Waals surface area contributed by atoms with E-state index in [2.05, 4.69) is 9.98 Å². The molecule has 1 N–H and O–H groups in total. The third-order valence-electron chi connectivity index (χ3n) is 8.54. The van der Waals surface area contributed by atoms with Crippen molar-refractivity contribution in [1.29, 1.82) is 5.26 Å². The predicted molar refractivity (Wildman–Crippen MR) is 155 cm³/mol. The highest BCUT2D eigenvalue weighted by Crippen LogP contribution is 2.45. The number of halogens is 6. The summed E-state index contributed by atoms with van der Waals surface area (Å²) in [7, 11) is 1.32. The highest BCUT2D eigenvalue weighted by molar-refractivity contribution is 6.27. The molecule has 4 aliphatic rings. The van der Waals surface area contributed by atoms with E-state index in [1.165, 1.54) is 13.2 Å². The van der Waals surface area contributed by atoms with Gasteiger partial charge in [-0.1, -0.05) is 24.6 Å². The number of methoxy groups -OCH3 is 1. The van der Waals surface area contributed by atoms with Gasteiger partial charge in [0.2, 0.25) is 5.92 Å². The number of alkyl halides is 5. The van der Waals surface area contributed by atoms with Gasteiger partial charge in [0.1, 0.15) is 11.9 Å². The Hall–Kier alpha value is -3.82. The Morgan fingerprint density at radius 2 is 1.82 bits per heavy atom. The molecule has 45 heavy (non-hydrogen) atoms. The molecule has 2 aliphatic carbocycles. The van der Waals surface area contributed by atoms with Crippen LogP contribution in [0.4, 0.5) is 32.0 Å². The monoisotopic (exact) mass is 640 g/mol. The van der Waals surface area contributed by atoms with Crippen LogP contribution in [0.5, 0.6) is 0 Å².